The number of thiocarbonyl (C=S) groups is 1. The number of hydrogen-bond donors (Lipinski definition) is 2. The van der Waals surface area contributed by atoms with Gasteiger partial charge in [-0.1, -0.05) is 37.9 Å². The van der Waals surface area contributed by atoms with Gasteiger partial charge >= 0.3 is 0 Å². The zero-order chi connectivity index (χ0) is 20.3. The zero-order valence-corrected chi connectivity index (χ0v) is 18.0. The van der Waals surface area contributed by atoms with Crippen molar-refractivity contribution in [3.63, 3.8) is 0 Å². The molecule has 10 heteroatoms. The monoisotopic (exact) mass is 522 g/mol. The normalized spacial score (nSPS) is 17.0. The lowest BCUT2D eigenvalue weighted by molar-refractivity contribution is -0.130. The molecular weight excluding hydrogens is 512 g/mol. The van der Waals surface area contributed by atoms with E-state index in [1.54, 1.807) is 48.5 Å². The molecule has 0 radical (unpaired) electrons. The summed E-state index contributed by atoms with van der Waals surface area (Å²) in [7, 11) is 0. The quantitative estimate of drug-likeness (QED) is 0.279. The smallest absolute Gasteiger partial charge is 0.271 e. The molecule has 1 saturated heterocycles. The summed E-state index contributed by atoms with van der Waals surface area (Å²) in [5, 5.41) is 6.23. The molecule has 1 fully saturated rings. The summed E-state index contributed by atoms with van der Waals surface area (Å²) in [6, 6.07) is 13.6. The Morgan fingerprint density at radius 3 is 2.54 bits per heavy atom. The van der Waals surface area contributed by atoms with Gasteiger partial charge in [0.05, 0.1) is 5.69 Å². The Labute approximate surface area is 182 Å². The van der Waals surface area contributed by atoms with Crippen LogP contribution in [0.15, 0.2) is 62.6 Å². The molecule has 7 nitrogen and oxygen atoms in total. The van der Waals surface area contributed by atoms with E-state index in [2.05, 4.69) is 47.7 Å². The first-order valence-corrected chi connectivity index (χ1v) is 9.89. The lowest BCUT2D eigenvalue weighted by atomic mass is 10.1. The van der Waals surface area contributed by atoms with Gasteiger partial charge in [-0.25, -0.2) is 5.43 Å². The van der Waals surface area contributed by atoms with Crippen molar-refractivity contribution in [1.82, 2.24) is 10.7 Å². The fourth-order valence-electron chi connectivity index (χ4n) is 2.42. The predicted molar refractivity (Wildman–Crippen MR) is 116 cm³/mol. The number of carbonyl (C=O) groups is 3. The molecule has 1 heterocycles. The van der Waals surface area contributed by atoms with Gasteiger partial charge in [-0.3, -0.25) is 19.3 Å². The summed E-state index contributed by atoms with van der Waals surface area (Å²) in [6.07, 6.45) is 1.08. The first-order chi connectivity index (χ1) is 13.4. The van der Waals surface area contributed by atoms with Crippen LogP contribution >= 0.6 is 44.1 Å². The van der Waals surface area contributed by atoms with E-state index in [9.17, 15) is 14.4 Å². The zero-order valence-electron chi connectivity index (χ0n) is 14.1. The average Bonchev–Trinajstić information content (AvgIpc) is 2.65. The van der Waals surface area contributed by atoms with Crippen LogP contribution in [-0.2, 0) is 9.59 Å². The van der Waals surface area contributed by atoms with E-state index >= 15 is 0 Å². The molecular formula is C18H12Br2N4O3S. The third-order valence-corrected chi connectivity index (χ3v) is 5.07. The molecule has 0 spiro atoms. The molecule has 0 saturated carbocycles. The number of carbonyl (C=O) groups excluding carboxylic acids is 3. The largest absolute Gasteiger partial charge is 0.301 e. The number of hydrogen-bond acceptors (Lipinski definition) is 5. The summed E-state index contributed by atoms with van der Waals surface area (Å²) in [4.78, 5) is 38.3. The van der Waals surface area contributed by atoms with Crippen LogP contribution in [0.5, 0.6) is 0 Å². The summed E-state index contributed by atoms with van der Waals surface area (Å²) in [5.41, 5.74) is 3.20. The minimum Gasteiger partial charge on any atom is -0.301 e. The van der Waals surface area contributed by atoms with Crippen LogP contribution in [0, 0.1) is 5.92 Å². The first-order valence-electron chi connectivity index (χ1n) is 7.90. The Hall–Kier alpha value is -2.43. The second kappa shape index (κ2) is 8.72. The number of halogens is 2. The molecule has 3 amide bonds. The Morgan fingerprint density at radius 1 is 1.14 bits per heavy atom. The maximum absolute atomic E-state index is 12.8. The molecule has 2 aromatic rings. The molecule has 1 atom stereocenters. The minimum absolute atomic E-state index is 0.0138. The van der Waals surface area contributed by atoms with Gasteiger partial charge in [-0.15, -0.1) is 0 Å². The highest BCUT2D eigenvalue weighted by atomic mass is 79.9. The fourth-order valence-corrected chi connectivity index (χ4v) is 3.38. The van der Waals surface area contributed by atoms with Gasteiger partial charge in [0.2, 0.25) is 5.91 Å². The molecule has 0 unspecified atom stereocenters. The van der Waals surface area contributed by atoms with E-state index < -0.39 is 23.6 Å². The number of rotatable bonds is 4. The van der Waals surface area contributed by atoms with Gasteiger partial charge in [0.25, 0.3) is 11.8 Å². The molecule has 2 N–H and O–H groups in total. The van der Waals surface area contributed by atoms with Crippen LogP contribution in [0.1, 0.15) is 10.4 Å². The number of nitrogens with zero attached hydrogens (tertiary/aromatic N) is 2. The SMILES string of the molecule is O=C(N/N=C\[C@@H]1C(=O)NC(=S)N(c2ccc(Br)cc2)C1=O)c1cccc(Br)c1. The lowest BCUT2D eigenvalue weighted by Crippen LogP contribution is -2.58. The van der Waals surface area contributed by atoms with Crippen molar-refractivity contribution in [2.45, 2.75) is 0 Å². The maximum Gasteiger partial charge on any atom is 0.271 e. The van der Waals surface area contributed by atoms with E-state index in [1.807, 2.05) is 0 Å². The summed E-state index contributed by atoms with van der Waals surface area (Å²) < 4.78 is 1.58. The molecule has 142 valence electrons. The molecule has 3 rings (SSSR count). The van der Waals surface area contributed by atoms with Crippen molar-refractivity contribution in [3.8, 4) is 0 Å². The molecule has 0 bridgehead atoms. The molecule has 0 aliphatic carbocycles. The van der Waals surface area contributed by atoms with Crippen LogP contribution in [0.25, 0.3) is 0 Å². The molecule has 1 aliphatic rings. The van der Waals surface area contributed by atoms with E-state index in [4.69, 9.17) is 12.2 Å². The second-order valence-electron chi connectivity index (χ2n) is 5.65. The van der Waals surface area contributed by atoms with Gasteiger partial charge in [-0.2, -0.15) is 5.10 Å². The summed E-state index contributed by atoms with van der Waals surface area (Å²) >= 11 is 11.7. The van der Waals surface area contributed by atoms with E-state index in [-0.39, 0.29) is 5.11 Å². The van der Waals surface area contributed by atoms with Gasteiger partial charge in [0.1, 0.15) is 0 Å². The van der Waals surface area contributed by atoms with Crippen LogP contribution in [-0.4, -0.2) is 29.0 Å². The highest BCUT2D eigenvalue weighted by Crippen LogP contribution is 2.22. The molecule has 2 aromatic carbocycles. The highest BCUT2D eigenvalue weighted by Gasteiger charge is 2.38. The fraction of sp³-hybridized carbons (Fsp3) is 0.0556. The lowest BCUT2D eigenvalue weighted by Gasteiger charge is -2.30. The average molecular weight is 524 g/mol. The van der Waals surface area contributed by atoms with E-state index in [1.165, 1.54) is 4.90 Å². The predicted octanol–water partition coefficient (Wildman–Crippen LogP) is 2.99. The topological polar surface area (TPSA) is 90.9 Å². The van der Waals surface area contributed by atoms with Crippen LogP contribution in [0.2, 0.25) is 0 Å². The minimum atomic E-state index is -1.22. The van der Waals surface area contributed by atoms with E-state index in [0.717, 1.165) is 15.2 Å². The first kappa shape index (κ1) is 20.3. The van der Waals surface area contributed by atoms with Gasteiger partial charge in [0, 0.05) is 20.7 Å². The van der Waals surface area contributed by atoms with E-state index in [0.29, 0.717) is 11.3 Å². The number of nitrogens with one attached hydrogen (secondary N) is 2. The van der Waals surface area contributed by atoms with Gasteiger partial charge in [0.15, 0.2) is 11.0 Å². The van der Waals surface area contributed by atoms with Crippen molar-refractivity contribution in [3.05, 3.63) is 63.0 Å². The Balaban J connectivity index is 1.75. The molecule has 28 heavy (non-hydrogen) atoms. The highest BCUT2D eigenvalue weighted by molar-refractivity contribution is 9.10. The van der Waals surface area contributed by atoms with Crippen LogP contribution in [0.4, 0.5) is 5.69 Å². The Kier molecular flexibility index (Phi) is 6.32. The number of anilines is 1. The number of amides is 3. The summed E-state index contributed by atoms with van der Waals surface area (Å²) in [5.74, 6) is -2.86. The van der Waals surface area contributed by atoms with Gasteiger partial charge < -0.3 is 5.32 Å². The Morgan fingerprint density at radius 2 is 1.86 bits per heavy atom. The molecule has 0 aromatic heterocycles. The Bertz CT molecular complexity index is 995. The standard InChI is InChI=1S/C18H12Br2N4O3S/c19-11-4-6-13(7-5-11)24-17(27)14(16(26)22-18(24)28)9-21-23-15(25)10-2-1-3-12(20)8-10/h1-9,14H,(H,23,25)(H,22,26,28)/b21-9-/t14-/m1/s1. The summed E-state index contributed by atoms with van der Waals surface area (Å²) in [6.45, 7) is 0. The van der Waals surface area contributed by atoms with Crippen molar-refractivity contribution >= 4 is 78.8 Å². The third-order valence-electron chi connectivity index (χ3n) is 3.76. The van der Waals surface area contributed by atoms with Crippen molar-refractivity contribution in [1.29, 1.82) is 0 Å². The number of benzene rings is 2. The van der Waals surface area contributed by atoms with Crippen molar-refractivity contribution < 1.29 is 14.4 Å². The maximum atomic E-state index is 12.8. The third kappa shape index (κ3) is 4.51. The van der Waals surface area contributed by atoms with Crippen molar-refractivity contribution in [2.24, 2.45) is 11.0 Å². The van der Waals surface area contributed by atoms with Crippen molar-refractivity contribution in [2.75, 3.05) is 4.90 Å². The van der Waals surface area contributed by atoms with Crippen LogP contribution in [0.3, 0.4) is 0 Å². The molecule has 1 aliphatic heterocycles. The number of hydrazone groups is 1. The second-order valence-corrected chi connectivity index (χ2v) is 7.87. The van der Waals surface area contributed by atoms with Gasteiger partial charge in [-0.05, 0) is 54.7 Å². The van der Waals surface area contributed by atoms with Crippen LogP contribution < -0.4 is 15.6 Å².